The number of Topliss-reactive ketones (excluding diaryl/α,β-unsaturated/α-hetero) is 1. The highest BCUT2D eigenvalue weighted by atomic mass is 35.5. The second-order valence-electron chi connectivity index (χ2n) is 5.11. The van der Waals surface area contributed by atoms with Gasteiger partial charge in [0, 0.05) is 35.9 Å². The predicted octanol–water partition coefficient (Wildman–Crippen LogP) is 3.14. The molecule has 0 spiro atoms. The Kier molecular flexibility index (Phi) is 5.80. The van der Waals surface area contributed by atoms with Gasteiger partial charge in [-0.1, -0.05) is 23.2 Å². The first-order chi connectivity index (χ1) is 11.3. The van der Waals surface area contributed by atoms with E-state index < -0.39 is 10.9 Å². The normalized spacial score (nSPS) is 19.1. The summed E-state index contributed by atoms with van der Waals surface area (Å²) < 4.78 is 4.72. The molecule has 0 radical (unpaired) electrons. The van der Waals surface area contributed by atoms with Crippen LogP contribution in [0.4, 0.5) is 5.69 Å². The van der Waals surface area contributed by atoms with Crippen LogP contribution >= 0.6 is 23.2 Å². The molecule has 1 fully saturated rings. The van der Waals surface area contributed by atoms with E-state index in [4.69, 9.17) is 27.9 Å². The Balaban J connectivity index is 2.03. The van der Waals surface area contributed by atoms with Crippen LogP contribution < -0.4 is 5.32 Å². The molecule has 2 unspecified atom stereocenters. The first kappa shape index (κ1) is 18.2. The molecule has 1 N–H and O–H groups in total. The summed E-state index contributed by atoms with van der Waals surface area (Å²) in [4.78, 5) is 33.8. The van der Waals surface area contributed by atoms with Gasteiger partial charge in [0.15, 0.2) is 5.78 Å². The molecule has 1 aliphatic rings. The molecule has 9 heteroatoms. The van der Waals surface area contributed by atoms with Crippen molar-refractivity contribution in [2.45, 2.75) is 19.4 Å². The van der Waals surface area contributed by atoms with Crippen LogP contribution in [0.3, 0.4) is 0 Å². The lowest BCUT2D eigenvalue weighted by molar-refractivity contribution is -0.384. The summed E-state index contributed by atoms with van der Waals surface area (Å²) in [6.07, 6.45) is 3.18. The maximum Gasteiger partial charge on any atom is 0.332 e. The van der Waals surface area contributed by atoms with Crippen LogP contribution in [0.2, 0.25) is 10.0 Å². The molecule has 1 aliphatic carbocycles. The third-order valence-corrected chi connectivity index (χ3v) is 4.06. The van der Waals surface area contributed by atoms with E-state index in [1.807, 2.05) is 0 Å². The Labute approximate surface area is 147 Å². The molecule has 24 heavy (non-hydrogen) atoms. The molecule has 0 amide bonds. The minimum atomic E-state index is -0.667. The SMILES string of the molecule is CCOC(=O)C=CNC1CC1C(=O)c1cc([N+](=O)[O-])c(Cl)cc1Cl. The number of rotatable bonds is 7. The van der Waals surface area contributed by atoms with Gasteiger partial charge in [-0.05, 0) is 19.4 Å². The van der Waals surface area contributed by atoms with E-state index in [0.29, 0.717) is 6.42 Å². The summed E-state index contributed by atoms with van der Waals surface area (Å²) in [5, 5.41) is 13.8. The molecule has 0 saturated heterocycles. The van der Waals surface area contributed by atoms with E-state index in [9.17, 15) is 19.7 Å². The number of hydrogen-bond donors (Lipinski definition) is 1. The highest BCUT2D eigenvalue weighted by Gasteiger charge is 2.43. The highest BCUT2D eigenvalue weighted by Crippen LogP contribution is 2.38. The summed E-state index contributed by atoms with van der Waals surface area (Å²) in [5.41, 5.74) is -0.298. The molecule has 0 heterocycles. The van der Waals surface area contributed by atoms with Crippen molar-refractivity contribution in [2.24, 2.45) is 5.92 Å². The second-order valence-corrected chi connectivity index (χ2v) is 5.92. The van der Waals surface area contributed by atoms with Gasteiger partial charge in [0.1, 0.15) is 5.02 Å². The summed E-state index contributed by atoms with van der Waals surface area (Å²) >= 11 is 11.7. The fourth-order valence-electron chi connectivity index (χ4n) is 2.17. The number of nitro groups is 1. The van der Waals surface area contributed by atoms with Gasteiger partial charge in [-0.15, -0.1) is 0 Å². The summed E-state index contributed by atoms with van der Waals surface area (Å²) in [7, 11) is 0. The lowest BCUT2D eigenvalue weighted by Gasteiger charge is -2.05. The zero-order valence-electron chi connectivity index (χ0n) is 12.6. The van der Waals surface area contributed by atoms with E-state index in [-0.39, 0.29) is 45.6 Å². The van der Waals surface area contributed by atoms with Crippen molar-refractivity contribution in [3.8, 4) is 0 Å². The first-order valence-electron chi connectivity index (χ1n) is 7.12. The van der Waals surface area contributed by atoms with Crippen molar-refractivity contribution < 1.29 is 19.2 Å². The van der Waals surface area contributed by atoms with Gasteiger partial charge in [0.05, 0.1) is 16.6 Å². The fourth-order valence-corrected chi connectivity index (χ4v) is 2.71. The maximum atomic E-state index is 12.4. The molecular weight excluding hydrogens is 359 g/mol. The zero-order chi connectivity index (χ0) is 17.9. The number of esters is 1. The van der Waals surface area contributed by atoms with Crippen molar-refractivity contribution >= 4 is 40.6 Å². The number of nitro benzene ring substituents is 1. The maximum absolute atomic E-state index is 12.4. The Bertz CT molecular complexity index is 720. The Morgan fingerprint density at radius 2 is 2.12 bits per heavy atom. The van der Waals surface area contributed by atoms with Gasteiger partial charge in [-0.2, -0.15) is 0 Å². The highest BCUT2D eigenvalue weighted by molar-refractivity contribution is 6.38. The Hall–Kier alpha value is -2.12. The first-order valence-corrected chi connectivity index (χ1v) is 7.87. The molecule has 0 aromatic heterocycles. The van der Waals surface area contributed by atoms with Crippen LogP contribution in [0.15, 0.2) is 24.4 Å². The Morgan fingerprint density at radius 3 is 2.75 bits per heavy atom. The topological polar surface area (TPSA) is 98.5 Å². The van der Waals surface area contributed by atoms with E-state index in [1.165, 1.54) is 18.3 Å². The standard InChI is InChI=1S/C15H14Cl2N2O5/c1-2-24-14(20)3-4-18-12-5-9(12)15(21)8-6-13(19(22)23)11(17)7-10(8)16/h3-4,6-7,9,12,18H,2,5H2,1H3. The monoisotopic (exact) mass is 372 g/mol. The average molecular weight is 373 g/mol. The van der Waals surface area contributed by atoms with Gasteiger partial charge in [-0.25, -0.2) is 4.79 Å². The number of carbonyl (C=O) groups excluding carboxylic acids is 2. The summed E-state index contributed by atoms with van der Waals surface area (Å²) in [6, 6.07) is 2.13. The van der Waals surface area contributed by atoms with Crippen LogP contribution in [-0.4, -0.2) is 29.3 Å². The lowest BCUT2D eigenvalue weighted by Crippen LogP contribution is -2.16. The largest absolute Gasteiger partial charge is 0.463 e. The third kappa shape index (κ3) is 4.24. The van der Waals surface area contributed by atoms with Crippen LogP contribution in [0, 0.1) is 16.0 Å². The number of hydrogen-bond acceptors (Lipinski definition) is 6. The van der Waals surface area contributed by atoms with Gasteiger partial charge >= 0.3 is 5.97 Å². The quantitative estimate of drug-likeness (QED) is 0.259. The number of halogens is 2. The van der Waals surface area contributed by atoms with E-state index in [2.05, 4.69) is 5.32 Å². The summed E-state index contributed by atoms with van der Waals surface area (Å²) in [5.74, 6) is -1.15. The van der Waals surface area contributed by atoms with Crippen LogP contribution in [-0.2, 0) is 9.53 Å². The average Bonchev–Trinajstić information content (AvgIpc) is 3.26. The molecule has 1 aromatic carbocycles. The van der Waals surface area contributed by atoms with E-state index >= 15 is 0 Å². The lowest BCUT2D eigenvalue weighted by atomic mass is 10.1. The van der Waals surface area contributed by atoms with Gasteiger partial charge in [-0.3, -0.25) is 14.9 Å². The zero-order valence-corrected chi connectivity index (χ0v) is 14.1. The minimum absolute atomic E-state index is 0.0661. The predicted molar refractivity (Wildman–Crippen MR) is 88.3 cm³/mol. The molecule has 128 valence electrons. The number of benzene rings is 1. The van der Waals surface area contributed by atoms with Crippen molar-refractivity contribution in [1.82, 2.24) is 5.32 Å². The molecule has 2 atom stereocenters. The number of carbonyl (C=O) groups is 2. The molecule has 0 aliphatic heterocycles. The van der Waals surface area contributed by atoms with Crippen LogP contribution in [0.5, 0.6) is 0 Å². The van der Waals surface area contributed by atoms with Crippen LogP contribution in [0.1, 0.15) is 23.7 Å². The van der Waals surface area contributed by atoms with Crippen molar-refractivity contribution in [3.63, 3.8) is 0 Å². The second kappa shape index (κ2) is 7.63. The molecule has 1 saturated carbocycles. The fraction of sp³-hybridized carbons (Fsp3) is 0.333. The molecule has 2 rings (SSSR count). The molecular formula is C15H14Cl2N2O5. The Morgan fingerprint density at radius 1 is 1.42 bits per heavy atom. The van der Waals surface area contributed by atoms with Gasteiger partial charge < -0.3 is 10.1 Å². The number of ketones is 1. The van der Waals surface area contributed by atoms with Gasteiger partial charge in [0.2, 0.25) is 0 Å². The van der Waals surface area contributed by atoms with Gasteiger partial charge in [0.25, 0.3) is 5.69 Å². The molecule has 7 nitrogen and oxygen atoms in total. The van der Waals surface area contributed by atoms with Crippen molar-refractivity contribution in [1.29, 1.82) is 0 Å². The number of nitrogens with one attached hydrogen (secondary N) is 1. The van der Waals surface area contributed by atoms with Crippen molar-refractivity contribution in [3.05, 3.63) is 50.1 Å². The molecule has 0 bridgehead atoms. The summed E-state index contributed by atoms with van der Waals surface area (Å²) in [6.45, 7) is 1.98. The van der Waals surface area contributed by atoms with E-state index in [1.54, 1.807) is 6.92 Å². The number of ether oxygens (including phenoxy) is 1. The minimum Gasteiger partial charge on any atom is -0.463 e. The number of nitrogens with zero attached hydrogens (tertiary/aromatic N) is 1. The van der Waals surface area contributed by atoms with E-state index in [0.717, 1.165) is 6.07 Å². The molecule has 1 aromatic rings. The van der Waals surface area contributed by atoms with Crippen LogP contribution in [0.25, 0.3) is 0 Å². The van der Waals surface area contributed by atoms with Crippen molar-refractivity contribution in [2.75, 3.05) is 6.61 Å². The third-order valence-electron chi connectivity index (χ3n) is 3.44. The smallest absolute Gasteiger partial charge is 0.332 e.